The summed E-state index contributed by atoms with van der Waals surface area (Å²) in [5.74, 6) is -2.11. The molecule has 5 nitrogen and oxygen atoms in total. The van der Waals surface area contributed by atoms with Gasteiger partial charge >= 0.3 is 0 Å². The Morgan fingerprint density at radius 3 is 2.25 bits per heavy atom. The standard InChI is InChI=1S/C11H8N2O3/c12-6-9(10(13)14)5-7-1-3-8(4-2-7)11(15)16/h1-5H,(H2,13,14)(H,15,16)/p-1/b9-5+. The highest BCUT2D eigenvalue weighted by molar-refractivity contribution is 6.00. The molecule has 80 valence electrons. The number of amides is 1. The molecule has 5 heteroatoms. The summed E-state index contributed by atoms with van der Waals surface area (Å²) in [5, 5.41) is 19.0. The monoisotopic (exact) mass is 215 g/mol. The zero-order valence-electron chi connectivity index (χ0n) is 8.14. The second-order valence-corrected chi connectivity index (χ2v) is 2.94. The van der Waals surface area contributed by atoms with Crippen LogP contribution in [0, 0.1) is 11.3 Å². The summed E-state index contributed by atoms with van der Waals surface area (Å²) in [4.78, 5) is 21.2. The SMILES string of the molecule is N#C/C(=C\c1ccc(C(=O)[O-])cc1)C(N)=O. The minimum absolute atomic E-state index is 0.0229. The zero-order valence-corrected chi connectivity index (χ0v) is 8.14. The largest absolute Gasteiger partial charge is 0.545 e. The van der Waals surface area contributed by atoms with Crippen molar-refractivity contribution in [2.24, 2.45) is 5.73 Å². The minimum Gasteiger partial charge on any atom is -0.545 e. The molecule has 0 unspecified atom stereocenters. The zero-order chi connectivity index (χ0) is 12.1. The summed E-state index contributed by atoms with van der Waals surface area (Å²) in [7, 11) is 0. The number of nitriles is 1. The first-order valence-corrected chi connectivity index (χ1v) is 4.27. The Bertz CT molecular complexity index is 495. The van der Waals surface area contributed by atoms with Gasteiger partial charge in [-0.15, -0.1) is 0 Å². The molecule has 1 aromatic carbocycles. The fourth-order valence-electron chi connectivity index (χ4n) is 1.04. The van der Waals surface area contributed by atoms with E-state index in [9.17, 15) is 14.7 Å². The number of carboxylic acid groups (broad SMARTS) is 1. The maximum Gasteiger partial charge on any atom is 0.259 e. The van der Waals surface area contributed by atoms with E-state index in [0.29, 0.717) is 5.56 Å². The maximum absolute atomic E-state index is 10.7. The quantitative estimate of drug-likeness (QED) is 0.538. The van der Waals surface area contributed by atoms with Crippen LogP contribution in [0.15, 0.2) is 29.8 Å². The molecule has 0 fully saturated rings. The van der Waals surface area contributed by atoms with Gasteiger partial charge in [0, 0.05) is 0 Å². The van der Waals surface area contributed by atoms with Gasteiger partial charge in [-0.1, -0.05) is 24.3 Å². The van der Waals surface area contributed by atoms with Crippen molar-refractivity contribution in [3.63, 3.8) is 0 Å². The Morgan fingerprint density at radius 1 is 1.31 bits per heavy atom. The van der Waals surface area contributed by atoms with Crippen LogP contribution in [0.25, 0.3) is 6.08 Å². The molecule has 1 rings (SSSR count). The summed E-state index contributed by atoms with van der Waals surface area (Å²) >= 11 is 0. The predicted octanol–water partition coefficient (Wildman–Crippen LogP) is -0.558. The second kappa shape index (κ2) is 4.75. The van der Waals surface area contributed by atoms with E-state index >= 15 is 0 Å². The lowest BCUT2D eigenvalue weighted by Crippen LogP contribution is -2.21. The number of hydrogen-bond donors (Lipinski definition) is 1. The molecule has 0 heterocycles. The Kier molecular flexibility index (Phi) is 3.41. The number of carboxylic acids is 1. The molecule has 0 aliphatic heterocycles. The topological polar surface area (TPSA) is 107 Å². The normalized spacial score (nSPS) is 10.6. The highest BCUT2D eigenvalue weighted by atomic mass is 16.4. The first-order chi connectivity index (χ1) is 7.54. The molecule has 0 saturated carbocycles. The van der Waals surface area contributed by atoms with Crippen LogP contribution in [0.3, 0.4) is 0 Å². The lowest BCUT2D eigenvalue weighted by atomic mass is 10.1. The molecule has 1 aromatic rings. The van der Waals surface area contributed by atoms with E-state index in [4.69, 9.17) is 11.0 Å². The van der Waals surface area contributed by atoms with Crippen molar-refractivity contribution in [3.05, 3.63) is 41.0 Å². The number of nitrogens with two attached hydrogens (primary N) is 1. The molecule has 0 bridgehead atoms. The van der Waals surface area contributed by atoms with Gasteiger partial charge in [0.25, 0.3) is 5.91 Å². The highest BCUT2D eigenvalue weighted by Crippen LogP contribution is 2.08. The molecule has 2 N–H and O–H groups in total. The second-order valence-electron chi connectivity index (χ2n) is 2.94. The number of benzene rings is 1. The molecule has 0 aromatic heterocycles. The van der Waals surface area contributed by atoms with Crippen molar-refractivity contribution in [2.75, 3.05) is 0 Å². The lowest BCUT2D eigenvalue weighted by Gasteiger charge is -2.01. The van der Waals surface area contributed by atoms with Crippen LogP contribution in [-0.4, -0.2) is 11.9 Å². The molecule has 0 atom stereocenters. The van der Waals surface area contributed by atoms with Gasteiger partial charge in [-0.05, 0) is 17.2 Å². The summed E-state index contributed by atoms with van der Waals surface area (Å²) < 4.78 is 0. The van der Waals surface area contributed by atoms with Crippen LogP contribution in [0.5, 0.6) is 0 Å². The van der Waals surface area contributed by atoms with E-state index in [0.717, 1.165) is 0 Å². The fourth-order valence-corrected chi connectivity index (χ4v) is 1.04. The van der Waals surface area contributed by atoms with Gasteiger partial charge in [-0.3, -0.25) is 4.79 Å². The van der Waals surface area contributed by atoms with Crippen LogP contribution in [0.4, 0.5) is 0 Å². The summed E-state index contributed by atoms with van der Waals surface area (Å²) in [6.45, 7) is 0. The summed E-state index contributed by atoms with van der Waals surface area (Å²) in [5.41, 5.74) is 5.28. The van der Waals surface area contributed by atoms with Crippen molar-refractivity contribution in [2.45, 2.75) is 0 Å². The lowest BCUT2D eigenvalue weighted by molar-refractivity contribution is -0.255. The average molecular weight is 215 g/mol. The third-order valence-corrected chi connectivity index (χ3v) is 1.84. The van der Waals surface area contributed by atoms with Crippen LogP contribution < -0.4 is 10.8 Å². The molecule has 1 amide bonds. The van der Waals surface area contributed by atoms with E-state index in [-0.39, 0.29) is 11.1 Å². The van der Waals surface area contributed by atoms with Crippen LogP contribution in [-0.2, 0) is 4.79 Å². The molecular weight excluding hydrogens is 208 g/mol. The fraction of sp³-hybridized carbons (Fsp3) is 0. The summed E-state index contributed by atoms with van der Waals surface area (Å²) in [6, 6.07) is 7.18. The van der Waals surface area contributed by atoms with E-state index < -0.39 is 11.9 Å². The number of primary amides is 1. The van der Waals surface area contributed by atoms with Crippen molar-refractivity contribution in [1.29, 1.82) is 5.26 Å². The van der Waals surface area contributed by atoms with Gasteiger partial charge in [0.2, 0.25) is 0 Å². The van der Waals surface area contributed by atoms with E-state index in [1.807, 2.05) is 0 Å². The van der Waals surface area contributed by atoms with Crippen LogP contribution in [0.2, 0.25) is 0 Å². The molecule has 0 radical (unpaired) electrons. The molecule has 0 aliphatic rings. The number of aromatic carboxylic acids is 1. The van der Waals surface area contributed by atoms with Gasteiger partial charge in [0.05, 0.1) is 5.97 Å². The molecule has 0 saturated heterocycles. The average Bonchev–Trinajstić information content (AvgIpc) is 2.26. The number of carbonyl (C=O) groups excluding carboxylic acids is 2. The van der Waals surface area contributed by atoms with Gasteiger partial charge in [0.1, 0.15) is 11.6 Å². The van der Waals surface area contributed by atoms with Gasteiger partial charge in [0.15, 0.2) is 0 Å². The Balaban J connectivity index is 3.04. The van der Waals surface area contributed by atoms with Crippen molar-refractivity contribution in [3.8, 4) is 6.07 Å². The van der Waals surface area contributed by atoms with Crippen molar-refractivity contribution < 1.29 is 14.7 Å². The first kappa shape index (κ1) is 11.5. The number of carbonyl (C=O) groups is 2. The van der Waals surface area contributed by atoms with Gasteiger partial charge in [-0.25, -0.2) is 0 Å². The Morgan fingerprint density at radius 2 is 1.88 bits per heavy atom. The van der Waals surface area contributed by atoms with Crippen LogP contribution >= 0.6 is 0 Å². The van der Waals surface area contributed by atoms with Crippen molar-refractivity contribution in [1.82, 2.24) is 0 Å². The van der Waals surface area contributed by atoms with E-state index in [1.54, 1.807) is 6.07 Å². The number of nitrogens with zero attached hydrogens (tertiary/aromatic N) is 1. The smallest absolute Gasteiger partial charge is 0.259 e. The van der Waals surface area contributed by atoms with Gasteiger partial charge < -0.3 is 15.6 Å². The Hall–Kier alpha value is -2.61. The number of rotatable bonds is 3. The van der Waals surface area contributed by atoms with E-state index in [2.05, 4.69) is 0 Å². The van der Waals surface area contributed by atoms with Crippen LogP contribution in [0.1, 0.15) is 15.9 Å². The molecule has 16 heavy (non-hydrogen) atoms. The Labute approximate surface area is 91.4 Å². The van der Waals surface area contributed by atoms with Crippen molar-refractivity contribution >= 4 is 18.0 Å². The first-order valence-electron chi connectivity index (χ1n) is 4.27. The highest BCUT2D eigenvalue weighted by Gasteiger charge is 2.02. The van der Waals surface area contributed by atoms with Gasteiger partial charge in [-0.2, -0.15) is 5.26 Å². The predicted molar refractivity (Wildman–Crippen MR) is 53.6 cm³/mol. The number of hydrogen-bond acceptors (Lipinski definition) is 4. The summed E-state index contributed by atoms with van der Waals surface area (Å²) in [6.07, 6.45) is 1.28. The molecule has 0 spiro atoms. The van der Waals surface area contributed by atoms with E-state index in [1.165, 1.54) is 30.3 Å². The molecule has 0 aliphatic carbocycles. The third-order valence-electron chi connectivity index (χ3n) is 1.84. The minimum atomic E-state index is -1.29. The molecular formula is C11H7N2O3-. The maximum atomic E-state index is 10.7. The third kappa shape index (κ3) is 2.69.